The van der Waals surface area contributed by atoms with Gasteiger partial charge in [-0.05, 0) is 31.2 Å². The van der Waals surface area contributed by atoms with Crippen molar-refractivity contribution in [1.29, 1.82) is 0 Å². The molecular weight excluding hydrogens is 324 g/mol. The number of hydrogen-bond acceptors (Lipinski definition) is 2. The Hall–Kier alpha value is -2.82. The quantitative estimate of drug-likeness (QED) is 0.706. The monoisotopic (exact) mass is 348 g/mol. The molecule has 5 heteroatoms. The van der Waals surface area contributed by atoms with Crippen molar-refractivity contribution in [3.63, 3.8) is 0 Å². The van der Waals surface area contributed by atoms with E-state index in [-0.39, 0.29) is 11.3 Å². The second-order valence-electron chi connectivity index (χ2n) is 8.00. The van der Waals surface area contributed by atoms with Crippen molar-refractivity contribution in [3.05, 3.63) is 65.6 Å². The van der Waals surface area contributed by atoms with Gasteiger partial charge in [-0.3, -0.25) is 4.79 Å². The van der Waals surface area contributed by atoms with E-state index >= 15 is 0 Å². The molecule has 1 aliphatic heterocycles. The van der Waals surface area contributed by atoms with Gasteiger partial charge in [0.25, 0.3) is 0 Å². The molecule has 0 saturated heterocycles. The zero-order chi connectivity index (χ0) is 18.5. The molecule has 1 aliphatic rings. The molecule has 0 aliphatic carbocycles. The summed E-state index contributed by atoms with van der Waals surface area (Å²) in [6.45, 7) is 9.14. The number of aryl methyl sites for hydroxylation is 1. The summed E-state index contributed by atoms with van der Waals surface area (Å²) in [5.74, 6) is 1.17. The largest absolute Gasteiger partial charge is 0.332 e. The molecule has 1 amide bonds. The van der Waals surface area contributed by atoms with Gasteiger partial charge in [-0.2, -0.15) is 5.10 Å². The zero-order valence-corrected chi connectivity index (χ0v) is 15.7. The number of aromatic nitrogens is 3. The summed E-state index contributed by atoms with van der Waals surface area (Å²) in [7, 11) is 0. The van der Waals surface area contributed by atoms with E-state index in [1.807, 2.05) is 54.9 Å². The lowest BCUT2D eigenvalue weighted by Crippen LogP contribution is -2.36. The first kappa shape index (κ1) is 16.6. The molecule has 134 valence electrons. The van der Waals surface area contributed by atoms with Crippen molar-refractivity contribution in [2.75, 3.05) is 0 Å². The van der Waals surface area contributed by atoms with E-state index in [0.717, 1.165) is 22.8 Å². The third kappa shape index (κ3) is 2.73. The Kier molecular flexibility index (Phi) is 3.75. The predicted molar refractivity (Wildman–Crippen MR) is 101 cm³/mol. The molecule has 0 radical (unpaired) electrons. The SMILES string of the molecule is Cc1ccc(-n2nc3c(c2-n2cccc2)CN(C(=O)C(C)(C)C)C3)cc1. The number of hydrogen-bond donors (Lipinski definition) is 0. The first-order chi connectivity index (χ1) is 12.3. The van der Waals surface area contributed by atoms with Gasteiger partial charge in [-0.25, -0.2) is 4.68 Å². The van der Waals surface area contributed by atoms with Crippen LogP contribution in [0.15, 0.2) is 48.8 Å². The highest BCUT2D eigenvalue weighted by atomic mass is 16.2. The summed E-state index contributed by atoms with van der Waals surface area (Å²) in [5.41, 5.74) is 3.97. The van der Waals surface area contributed by atoms with Gasteiger partial charge in [0.2, 0.25) is 5.91 Å². The fraction of sp³-hybridized carbons (Fsp3) is 0.333. The molecule has 4 rings (SSSR count). The molecule has 0 bridgehead atoms. The molecular formula is C21H24N4O. The van der Waals surface area contributed by atoms with Crippen molar-refractivity contribution in [2.45, 2.75) is 40.8 Å². The van der Waals surface area contributed by atoms with E-state index < -0.39 is 0 Å². The van der Waals surface area contributed by atoms with Crippen LogP contribution < -0.4 is 0 Å². The second kappa shape index (κ2) is 5.87. The van der Waals surface area contributed by atoms with Gasteiger partial charge in [0.1, 0.15) is 5.82 Å². The van der Waals surface area contributed by atoms with Crippen LogP contribution in [0.25, 0.3) is 11.5 Å². The van der Waals surface area contributed by atoms with Gasteiger partial charge >= 0.3 is 0 Å². The van der Waals surface area contributed by atoms with Crippen molar-refractivity contribution in [2.24, 2.45) is 5.41 Å². The van der Waals surface area contributed by atoms with Gasteiger partial charge in [-0.1, -0.05) is 38.5 Å². The Balaban J connectivity index is 1.79. The molecule has 0 unspecified atom stereocenters. The summed E-state index contributed by atoms with van der Waals surface area (Å²) in [6, 6.07) is 12.4. The highest BCUT2D eigenvalue weighted by Crippen LogP contribution is 2.32. The van der Waals surface area contributed by atoms with Crippen LogP contribution in [-0.2, 0) is 17.9 Å². The maximum atomic E-state index is 12.7. The van der Waals surface area contributed by atoms with Gasteiger partial charge < -0.3 is 9.47 Å². The molecule has 26 heavy (non-hydrogen) atoms. The lowest BCUT2D eigenvalue weighted by molar-refractivity contribution is -0.140. The molecule has 0 fully saturated rings. The fourth-order valence-corrected chi connectivity index (χ4v) is 3.43. The molecule has 5 nitrogen and oxygen atoms in total. The standard InChI is InChI=1S/C21H24N4O/c1-15-7-9-16(10-8-15)25-19(23-11-5-6-12-23)17-13-24(14-18(17)22-25)20(26)21(2,3)4/h5-12H,13-14H2,1-4H3. The van der Waals surface area contributed by atoms with E-state index in [2.05, 4.69) is 35.8 Å². The van der Waals surface area contributed by atoms with Crippen molar-refractivity contribution >= 4 is 5.91 Å². The van der Waals surface area contributed by atoms with Crippen LogP contribution in [0, 0.1) is 12.3 Å². The van der Waals surface area contributed by atoms with Crippen LogP contribution >= 0.6 is 0 Å². The van der Waals surface area contributed by atoms with Gasteiger partial charge in [-0.15, -0.1) is 0 Å². The number of carbonyl (C=O) groups excluding carboxylic acids is 1. The van der Waals surface area contributed by atoms with Gasteiger partial charge in [0.05, 0.1) is 24.5 Å². The Labute approximate surface area is 153 Å². The summed E-state index contributed by atoms with van der Waals surface area (Å²) in [4.78, 5) is 14.6. The molecule has 0 N–H and O–H groups in total. The normalized spacial score (nSPS) is 13.9. The molecule has 1 aromatic carbocycles. The molecule has 3 aromatic rings. The topological polar surface area (TPSA) is 43.1 Å². The molecule has 0 saturated carbocycles. The lowest BCUT2D eigenvalue weighted by atomic mass is 9.95. The van der Waals surface area contributed by atoms with Crippen LogP contribution in [-0.4, -0.2) is 25.2 Å². The number of rotatable bonds is 2. The first-order valence-corrected chi connectivity index (χ1v) is 8.95. The van der Waals surface area contributed by atoms with Crippen LogP contribution in [0.5, 0.6) is 0 Å². The summed E-state index contributed by atoms with van der Waals surface area (Å²) >= 11 is 0. The lowest BCUT2D eigenvalue weighted by Gasteiger charge is -2.25. The Morgan fingerprint density at radius 1 is 1.04 bits per heavy atom. The van der Waals surface area contributed by atoms with E-state index in [9.17, 15) is 4.79 Å². The molecule has 2 aromatic heterocycles. The minimum absolute atomic E-state index is 0.163. The second-order valence-corrected chi connectivity index (χ2v) is 8.00. The Bertz CT molecular complexity index is 943. The van der Waals surface area contributed by atoms with Crippen molar-refractivity contribution < 1.29 is 4.79 Å². The van der Waals surface area contributed by atoms with E-state index in [1.165, 1.54) is 5.56 Å². The number of fused-ring (bicyclic) bond motifs is 1. The Morgan fingerprint density at radius 3 is 2.31 bits per heavy atom. The maximum absolute atomic E-state index is 12.7. The third-order valence-corrected chi connectivity index (χ3v) is 4.79. The first-order valence-electron chi connectivity index (χ1n) is 8.95. The van der Waals surface area contributed by atoms with Crippen LogP contribution in [0.3, 0.4) is 0 Å². The summed E-state index contributed by atoms with van der Waals surface area (Å²) in [5, 5.41) is 4.86. The van der Waals surface area contributed by atoms with Crippen LogP contribution in [0.4, 0.5) is 0 Å². The number of nitrogens with zero attached hydrogens (tertiary/aromatic N) is 4. The van der Waals surface area contributed by atoms with E-state index in [1.54, 1.807) is 0 Å². The number of benzene rings is 1. The smallest absolute Gasteiger partial charge is 0.228 e. The predicted octanol–water partition coefficient (Wildman–Crippen LogP) is 3.86. The van der Waals surface area contributed by atoms with Crippen molar-refractivity contribution in [3.8, 4) is 11.5 Å². The highest BCUT2D eigenvalue weighted by molar-refractivity contribution is 5.82. The van der Waals surface area contributed by atoms with Crippen molar-refractivity contribution in [1.82, 2.24) is 19.2 Å². The van der Waals surface area contributed by atoms with E-state index in [0.29, 0.717) is 13.1 Å². The third-order valence-electron chi connectivity index (χ3n) is 4.79. The fourth-order valence-electron chi connectivity index (χ4n) is 3.43. The average Bonchev–Trinajstić information content (AvgIpc) is 3.29. The summed E-state index contributed by atoms with van der Waals surface area (Å²) < 4.78 is 4.07. The van der Waals surface area contributed by atoms with Gasteiger partial charge in [0.15, 0.2) is 0 Å². The average molecular weight is 348 g/mol. The number of amides is 1. The highest BCUT2D eigenvalue weighted by Gasteiger charge is 2.35. The minimum Gasteiger partial charge on any atom is -0.332 e. The van der Waals surface area contributed by atoms with E-state index in [4.69, 9.17) is 5.10 Å². The Morgan fingerprint density at radius 2 is 1.69 bits per heavy atom. The van der Waals surface area contributed by atoms with Crippen LogP contribution in [0.1, 0.15) is 37.6 Å². The van der Waals surface area contributed by atoms with Gasteiger partial charge in [0, 0.05) is 23.4 Å². The molecule has 0 atom stereocenters. The summed E-state index contributed by atoms with van der Waals surface area (Å²) in [6.07, 6.45) is 4.05. The maximum Gasteiger partial charge on any atom is 0.228 e. The molecule has 3 heterocycles. The zero-order valence-electron chi connectivity index (χ0n) is 15.7. The number of carbonyl (C=O) groups is 1. The minimum atomic E-state index is -0.385. The van der Waals surface area contributed by atoms with Crippen LogP contribution in [0.2, 0.25) is 0 Å². The molecule has 0 spiro atoms.